The Bertz CT molecular complexity index is 1270. The summed E-state index contributed by atoms with van der Waals surface area (Å²) < 4.78 is 0. The molecule has 0 saturated heterocycles. The van der Waals surface area contributed by atoms with Gasteiger partial charge in [0.05, 0.1) is 0 Å². The van der Waals surface area contributed by atoms with E-state index in [2.05, 4.69) is 162 Å². The van der Waals surface area contributed by atoms with E-state index in [1.54, 1.807) is 0 Å². The predicted octanol–water partition coefficient (Wildman–Crippen LogP) is 11.0. The molecule has 0 saturated carbocycles. The molecule has 1 heteroatoms. The molecule has 4 aromatic rings. The average Bonchev–Trinajstić information content (AvgIpc) is 2.93. The molecule has 0 atom stereocenters. The van der Waals surface area contributed by atoms with Crippen molar-refractivity contribution in [1.29, 1.82) is 0 Å². The summed E-state index contributed by atoms with van der Waals surface area (Å²) in [5.74, 6) is 0. The molecule has 0 spiro atoms. The summed E-state index contributed by atoms with van der Waals surface area (Å²) in [7, 11) is 0. The second-order valence-electron chi connectivity index (χ2n) is 11.3. The number of nitrogens with zero attached hydrogens (tertiary/aromatic N) is 1. The molecule has 0 bridgehead atoms. The Morgan fingerprint density at radius 3 is 1.68 bits per heavy atom. The fraction of sp³-hybridized carbons (Fsp3) is 0.278. The van der Waals surface area contributed by atoms with Crippen molar-refractivity contribution in [3.63, 3.8) is 0 Å². The SMILES string of the molecule is CCC(C)(C)/C=C/c1ccc(C(C)(C)CC)cc1-c1ccc(N(c2ccccc2)c2ccccc2)cc1. The summed E-state index contributed by atoms with van der Waals surface area (Å²) in [6.45, 7) is 13.8. The van der Waals surface area contributed by atoms with Crippen molar-refractivity contribution < 1.29 is 0 Å². The highest BCUT2D eigenvalue weighted by Crippen LogP contribution is 2.38. The molecular weight excluding hydrogens is 446 g/mol. The van der Waals surface area contributed by atoms with Crippen LogP contribution in [0.25, 0.3) is 17.2 Å². The van der Waals surface area contributed by atoms with Gasteiger partial charge >= 0.3 is 0 Å². The lowest BCUT2D eigenvalue weighted by molar-refractivity contribution is 0.464. The van der Waals surface area contributed by atoms with Crippen LogP contribution in [0.5, 0.6) is 0 Å². The number of hydrogen-bond acceptors (Lipinski definition) is 1. The second-order valence-corrected chi connectivity index (χ2v) is 11.3. The third kappa shape index (κ3) is 6.23. The van der Waals surface area contributed by atoms with E-state index in [1.807, 2.05) is 0 Å². The number of benzene rings is 4. The van der Waals surface area contributed by atoms with Gasteiger partial charge in [-0.15, -0.1) is 0 Å². The van der Waals surface area contributed by atoms with E-state index >= 15 is 0 Å². The molecule has 0 radical (unpaired) electrons. The van der Waals surface area contributed by atoms with Gasteiger partial charge in [-0.3, -0.25) is 0 Å². The maximum absolute atomic E-state index is 2.41. The number of anilines is 3. The molecule has 0 amide bonds. The molecule has 0 aromatic heterocycles. The summed E-state index contributed by atoms with van der Waals surface area (Å²) in [6.07, 6.45) is 6.89. The van der Waals surface area contributed by atoms with E-state index in [9.17, 15) is 0 Å². The van der Waals surface area contributed by atoms with Crippen LogP contribution in [0.2, 0.25) is 0 Å². The van der Waals surface area contributed by atoms with Gasteiger partial charge in [0.15, 0.2) is 0 Å². The van der Waals surface area contributed by atoms with E-state index in [0.29, 0.717) is 0 Å². The molecule has 190 valence electrons. The molecule has 0 heterocycles. The second kappa shape index (κ2) is 11.2. The van der Waals surface area contributed by atoms with Gasteiger partial charge < -0.3 is 4.90 Å². The van der Waals surface area contributed by atoms with E-state index in [0.717, 1.165) is 29.9 Å². The molecule has 4 rings (SSSR count). The Morgan fingerprint density at radius 1 is 0.622 bits per heavy atom. The zero-order valence-corrected chi connectivity index (χ0v) is 23.3. The largest absolute Gasteiger partial charge is 0.311 e. The minimum Gasteiger partial charge on any atom is -0.311 e. The van der Waals surface area contributed by atoms with Crippen molar-refractivity contribution in [3.8, 4) is 11.1 Å². The predicted molar refractivity (Wildman–Crippen MR) is 163 cm³/mol. The molecular formula is C36H41N. The maximum Gasteiger partial charge on any atom is 0.0462 e. The van der Waals surface area contributed by atoms with E-state index in [-0.39, 0.29) is 10.8 Å². The van der Waals surface area contributed by atoms with Crippen LogP contribution < -0.4 is 4.90 Å². The molecule has 0 fully saturated rings. The van der Waals surface area contributed by atoms with Crippen LogP contribution in [0.1, 0.15) is 65.5 Å². The highest BCUT2D eigenvalue weighted by Gasteiger charge is 2.20. The Kier molecular flexibility index (Phi) is 8.03. The van der Waals surface area contributed by atoms with Gasteiger partial charge in [-0.2, -0.15) is 0 Å². The van der Waals surface area contributed by atoms with Gasteiger partial charge in [-0.05, 0) is 82.3 Å². The van der Waals surface area contributed by atoms with Gasteiger partial charge in [0, 0.05) is 17.1 Å². The zero-order valence-electron chi connectivity index (χ0n) is 23.3. The van der Waals surface area contributed by atoms with Crippen LogP contribution in [0.4, 0.5) is 17.1 Å². The Morgan fingerprint density at radius 2 is 1.16 bits per heavy atom. The lowest BCUT2D eigenvalue weighted by atomic mass is 9.80. The summed E-state index contributed by atoms with van der Waals surface area (Å²) in [6, 6.07) is 37.2. The van der Waals surface area contributed by atoms with Crippen LogP contribution in [0, 0.1) is 5.41 Å². The van der Waals surface area contributed by atoms with Crippen molar-refractivity contribution in [1.82, 2.24) is 0 Å². The van der Waals surface area contributed by atoms with Crippen molar-refractivity contribution in [2.24, 2.45) is 5.41 Å². The first-order valence-corrected chi connectivity index (χ1v) is 13.6. The van der Waals surface area contributed by atoms with Gasteiger partial charge in [0.1, 0.15) is 0 Å². The Balaban J connectivity index is 1.79. The molecule has 4 aromatic carbocycles. The third-order valence-corrected chi connectivity index (χ3v) is 7.81. The van der Waals surface area contributed by atoms with E-state index in [1.165, 1.54) is 22.3 Å². The first-order chi connectivity index (χ1) is 17.7. The van der Waals surface area contributed by atoms with Gasteiger partial charge in [-0.25, -0.2) is 0 Å². The first kappa shape index (κ1) is 26.5. The van der Waals surface area contributed by atoms with Crippen molar-refractivity contribution in [2.45, 2.75) is 59.8 Å². The highest BCUT2D eigenvalue weighted by molar-refractivity contribution is 5.81. The minimum absolute atomic E-state index is 0.136. The van der Waals surface area contributed by atoms with Crippen LogP contribution in [-0.2, 0) is 5.41 Å². The monoisotopic (exact) mass is 487 g/mol. The molecule has 37 heavy (non-hydrogen) atoms. The number of para-hydroxylation sites is 2. The number of rotatable bonds is 9. The third-order valence-electron chi connectivity index (χ3n) is 7.81. The van der Waals surface area contributed by atoms with Crippen LogP contribution in [-0.4, -0.2) is 0 Å². The van der Waals surface area contributed by atoms with Gasteiger partial charge in [0.25, 0.3) is 0 Å². The van der Waals surface area contributed by atoms with Crippen molar-refractivity contribution in [3.05, 3.63) is 120 Å². The first-order valence-electron chi connectivity index (χ1n) is 13.6. The average molecular weight is 488 g/mol. The van der Waals surface area contributed by atoms with Gasteiger partial charge in [-0.1, -0.05) is 120 Å². The lowest BCUT2D eigenvalue weighted by Crippen LogP contribution is -2.15. The summed E-state index contributed by atoms with van der Waals surface area (Å²) >= 11 is 0. The zero-order chi connectivity index (χ0) is 26.5. The Labute approximate surface area is 224 Å². The molecule has 0 aliphatic carbocycles. The lowest BCUT2D eigenvalue weighted by Gasteiger charge is -2.26. The minimum atomic E-state index is 0.136. The quantitative estimate of drug-likeness (QED) is 0.227. The van der Waals surface area contributed by atoms with Crippen molar-refractivity contribution in [2.75, 3.05) is 4.90 Å². The topological polar surface area (TPSA) is 3.24 Å². The van der Waals surface area contributed by atoms with Crippen molar-refractivity contribution >= 4 is 23.1 Å². The smallest absolute Gasteiger partial charge is 0.0462 e. The van der Waals surface area contributed by atoms with E-state index < -0.39 is 0 Å². The number of allylic oxidation sites excluding steroid dienone is 1. The Hall–Kier alpha value is -3.58. The highest BCUT2D eigenvalue weighted by atomic mass is 15.1. The fourth-order valence-electron chi connectivity index (χ4n) is 4.40. The molecule has 0 N–H and O–H groups in total. The summed E-state index contributed by atoms with van der Waals surface area (Å²) in [5.41, 5.74) is 8.95. The molecule has 0 aliphatic heterocycles. The summed E-state index contributed by atoms with van der Waals surface area (Å²) in [4.78, 5) is 2.31. The van der Waals surface area contributed by atoms with Gasteiger partial charge in [0.2, 0.25) is 0 Å². The molecule has 0 aliphatic rings. The van der Waals surface area contributed by atoms with Crippen LogP contribution in [0.15, 0.2) is 109 Å². The molecule has 1 nitrogen and oxygen atoms in total. The van der Waals surface area contributed by atoms with E-state index in [4.69, 9.17) is 0 Å². The summed E-state index contributed by atoms with van der Waals surface area (Å²) in [5, 5.41) is 0. The normalized spacial score (nSPS) is 12.2. The molecule has 0 unspecified atom stereocenters. The maximum atomic E-state index is 2.41. The number of hydrogen-bond donors (Lipinski definition) is 0. The standard InChI is InChI=1S/C36H41N/c1-7-35(3,4)26-25-29-19-22-30(36(5,6)8-2)27-34(29)28-20-23-33(24-21-28)37(31-15-11-9-12-16-31)32-17-13-10-14-18-32/h9-27H,7-8H2,1-6H3/b26-25+. The van der Waals surface area contributed by atoms with Crippen LogP contribution >= 0.6 is 0 Å². The van der Waals surface area contributed by atoms with Crippen LogP contribution in [0.3, 0.4) is 0 Å². The fourth-order valence-corrected chi connectivity index (χ4v) is 4.40.